The van der Waals surface area contributed by atoms with E-state index in [1.165, 1.54) is 54.7 Å². The van der Waals surface area contributed by atoms with Gasteiger partial charge in [0.25, 0.3) is 0 Å². The van der Waals surface area contributed by atoms with Crippen LogP contribution in [0.1, 0.15) is 11.3 Å². The first-order chi connectivity index (χ1) is 25.7. The molecule has 3 heterocycles. The molecule has 0 unspecified atom stereocenters. The minimum Gasteiger partial charge on any atom is -0.309 e. The molecular formula is C47H29BrN4. The van der Waals surface area contributed by atoms with Crippen LogP contribution in [0.25, 0.3) is 88.8 Å². The smallest absolute Gasteiger partial charge is 0.160 e. The predicted molar refractivity (Wildman–Crippen MR) is 218 cm³/mol. The van der Waals surface area contributed by atoms with Gasteiger partial charge in [-0.1, -0.05) is 107 Å². The lowest BCUT2D eigenvalue weighted by Crippen LogP contribution is -2.00. The molecule has 0 saturated heterocycles. The van der Waals surface area contributed by atoms with E-state index in [0.717, 1.165) is 56.2 Å². The number of aromatic nitrogens is 4. The van der Waals surface area contributed by atoms with Crippen molar-refractivity contribution in [3.8, 4) is 45.1 Å². The van der Waals surface area contributed by atoms with E-state index < -0.39 is 0 Å². The fourth-order valence-electron chi connectivity index (χ4n) is 8.30. The lowest BCUT2D eigenvalue weighted by molar-refractivity contribution is 1.08. The fraction of sp³-hybridized carbons (Fsp3) is 0.0213. The molecule has 4 nitrogen and oxygen atoms in total. The third-order valence-corrected chi connectivity index (χ3v) is 11.1. The molecule has 10 aromatic rings. The number of hydrogen-bond donors (Lipinski definition) is 0. The van der Waals surface area contributed by atoms with Crippen LogP contribution in [0.2, 0.25) is 0 Å². The number of halogens is 1. The number of rotatable bonds is 4. The second-order valence-electron chi connectivity index (χ2n) is 13.5. The van der Waals surface area contributed by atoms with E-state index in [2.05, 4.69) is 189 Å². The Kier molecular flexibility index (Phi) is 6.43. The molecule has 0 amide bonds. The maximum atomic E-state index is 5.36. The summed E-state index contributed by atoms with van der Waals surface area (Å²) in [6, 6.07) is 58.6. The van der Waals surface area contributed by atoms with Crippen molar-refractivity contribution < 1.29 is 0 Å². The summed E-state index contributed by atoms with van der Waals surface area (Å²) in [5.74, 6) is 0.737. The van der Waals surface area contributed by atoms with Gasteiger partial charge in [0, 0.05) is 60.5 Å². The van der Waals surface area contributed by atoms with E-state index in [9.17, 15) is 0 Å². The monoisotopic (exact) mass is 728 g/mol. The van der Waals surface area contributed by atoms with Crippen LogP contribution in [0, 0.1) is 0 Å². The largest absolute Gasteiger partial charge is 0.309 e. The summed E-state index contributed by atoms with van der Waals surface area (Å²) in [5.41, 5.74) is 14.7. The highest BCUT2D eigenvalue weighted by Crippen LogP contribution is 2.44. The molecule has 52 heavy (non-hydrogen) atoms. The van der Waals surface area contributed by atoms with E-state index >= 15 is 0 Å². The molecule has 0 N–H and O–H groups in total. The standard InChI is InChI=1S/C47H29BrN4/c48-32-22-17-31-27-40-45(39(31)28-32)46(29-18-23-33(24-19-29)51-41-13-5-1-9-35(41)36-10-2-6-14-42(36)51)50-47(49-40)30-20-25-34(26-21-30)52-43-15-7-3-11-37(43)38-12-4-8-16-44(38)52/h1-26,28H,27H2. The van der Waals surface area contributed by atoms with Crippen LogP contribution in [0.5, 0.6) is 0 Å². The van der Waals surface area contributed by atoms with Gasteiger partial charge in [-0.05, 0) is 83.9 Å². The number of fused-ring (bicyclic) bond motifs is 9. The van der Waals surface area contributed by atoms with Crippen molar-refractivity contribution in [3.05, 3.63) is 180 Å². The Morgan fingerprint density at radius 1 is 0.462 bits per heavy atom. The maximum Gasteiger partial charge on any atom is 0.160 e. The third-order valence-electron chi connectivity index (χ3n) is 10.6. The summed E-state index contributed by atoms with van der Waals surface area (Å²) < 4.78 is 5.75. The van der Waals surface area contributed by atoms with Gasteiger partial charge >= 0.3 is 0 Å². The molecular weight excluding hydrogens is 700 g/mol. The summed E-state index contributed by atoms with van der Waals surface area (Å²) in [5, 5.41) is 5.02. The average Bonchev–Trinajstić information content (AvgIpc) is 3.85. The number of nitrogens with zero attached hydrogens (tertiary/aromatic N) is 4. The number of benzene rings is 7. The molecule has 0 atom stereocenters. The summed E-state index contributed by atoms with van der Waals surface area (Å²) in [7, 11) is 0. The Bertz CT molecular complexity index is 2940. The van der Waals surface area contributed by atoms with Gasteiger partial charge in [-0.2, -0.15) is 0 Å². The van der Waals surface area contributed by atoms with Gasteiger partial charge in [0.05, 0.1) is 33.5 Å². The van der Waals surface area contributed by atoms with E-state index in [4.69, 9.17) is 9.97 Å². The summed E-state index contributed by atoms with van der Waals surface area (Å²) >= 11 is 3.73. The minimum absolute atomic E-state index is 0.737. The molecule has 3 aromatic heterocycles. The summed E-state index contributed by atoms with van der Waals surface area (Å²) in [6.45, 7) is 0. The van der Waals surface area contributed by atoms with Gasteiger partial charge in [0.1, 0.15) is 0 Å². The molecule has 0 saturated carbocycles. The Balaban J connectivity index is 1.05. The van der Waals surface area contributed by atoms with Gasteiger partial charge in [-0.25, -0.2) is 9.97 Å². The van der Waals surface area contributed by atoms with Gasteiger partial charge in [-0.15, -0.1) is 0 Å². The van der Waals surface area contributed by atoms with Crippen LogP contribution >= 0.6 is 15.9 Å². The fourth-order valence-corrected chi connectivity index (χ4v) is 8.66. The second-order valence-corrected chi connectivity index (χ2v) is 14.4. The van der Waals surface area contributed by atoms with Crippen LogP contribution in [0.3, 0.4) is 0 Å². The second kappa shape index (κ2) is 11.4. The predicted octanol–water partition coefficient (Wildman–Crippen LogP) is 12.3. The lowest BCUT2D eigenvalue weighted by Gasteiger charge is -2.14. The van der Waals surface area contributed by atoms with E-state index in [1.807, 2.05) is 0 Å². The van der Waals surface area contributed by atoms with Crippen LogP contribution in [0.15, 0.2) is 168 Å². The minimum atomic E-state index is 0.737. The quantitative estimate of drug-likeness (QED) is 0.181. The highest BCUT2D eigenvalue weighted by molar-refractivity contribution is 9.10. The topological polar surface area (TPSA) is 35.6 Å². The molecule has 244 valence electrons. The van der Waals surface area contributed by atoms with E-state index in [1.54, 1.807) is 0 Å². The molecule has 1 aliphatic carbocycles. The lowest BCUT2D eigenvalue weighted by atomic mass is 10.00. The Hall–Kier alpha value is -6.30. The molecule has 0 radical (unpaired) electrons. The van der Waals surface area contributed by atoms with Gasteiger partial charge < -0.3 is 9.13 Å². The number of hydrogen-bond acceptors (Lipinski definition) is 2. The molecule has 0 fully saturated rings. The first kappa shape index (κ1) is 29.4. The third kappa shape index (κ3) is 4.39. The van der Waals surface area contributed by atoms with Crippen LogP contribution < -0.4 is 0 Å². The van der Waals surface area contributed by atoms with Gasteiger partial charge in [0.15, 0.2) is 5.82 Å². The first-order valence-corrected chi connectivity index (χ1v) is 18.4. The summed E-state index contributed by atoms with van der Waals surface area (Å²) in [4.78, 5) is 10.6. The molecule has 7 aromatic carbocycles. The zero-order chi connectivity index (χ0) is 34.3. The van der Waals surface area contributed by atoms with Crippen LogP contribution in [-0.4, -0.2) is 19.1 Å². The van der Waals surface area contributed by atoms with Crippen molar-refractivity contribution in [1.29, 1.82) is 0 Å². The molecule has 5 heteroatoms. The van der Waals surface area contributed by atoms with Crippen molar-refractivity contribution in [2.24, 2.45) is 0 Å². The Labute approximate surface area is 308 Å². The van der Waals surface area contributed by atoms with Crippen molar-refractivity contribution in [2.45, 2.75) is 6.42 Å². The summed E-state index contributed by atoms with van der Waals surface area (Å²) in [6.07, 6.45) is 0.777. The van der Waals surface area contributed by atoms with Crippen molar-refractivity contribution in [3.63, 3.8) is 0 Å². The Morgan fingerprint density at radius 3 is 1.42 bits per heavy atom. The number of para-hydroxylation sites is 4. The highest BCUT2D eigenvalue weighted by Gasteiger charge is 2.27. The first-order valence-electron chi connectivity index (χ1n) is 17.6. The van der Waals surface area contributed by atoms with Crippen molar-refractivity contribution in [1.82, 2.24) is 19.1 Å². The molecule has 0 spiro atoms. The zero-order valence-corrected chi connectivity index (χ0v) is 29.5. The van der Waals surface area contributed by atoms with E-state index in [-0.39, 0.29) is 0 Å². The van der Waals surface area contributed by atoms with E-state index in [0.29, 0.717) is 0 Å². The van der Waals surface area contributed by atoms with Gasteiger partial charge in [-0.3, -0.25) is 0 Å². The molecule has 11 rings (SSSR count). The van der Waals surface area contributed by atoms with Gasteiger partial charge in [0.2, 0.25) is 0 Å². The zero-order valence-electron chi connectivity index (χ0n) is 28.0. The van der Waals surface area contributed by atoms with Crippen LogP contribution in [0.4, 0.5) is 0 Å². The molecule has 0 bridgehead atoms. The molecule has 0 aliphatic heterocycles. The van der Waals surface area contributed by atoms with Crippen molar-refractivity contribution in [2.75, 3.05) is 0 Å². The molecule has 1 aliphatic rings. The SMILES string of the molecule is Brc1ccc2c(c1)-c1c(nc(-c3ccc(-n4c5ccccc5c5ccccc54)cc3)nc1-c1ccc(-n3c4ccccc4c4ccccc43)cc1)C2. The highest BCUT2D eigenvalue weighted by atomic mass is 79.9. The maximum absolute atomic E-state index is 5.36. The normalized spacial score (nSPS) is 12.2. The van der Waals surface area contributed by atoms with Crippen molar-refractivity contribution >= 4 is 59.5 Å². The average molecular weight is 730 g/mol. The Morgan fingerprint density at radius 2 is 0.923 bits per heavy atom. The van der Waals surface area contributed by atoms with Crippen LogP contribution in [-0.2, 0) is 6.42 Å².